The minimum absolute atomic E-state index is 0.0353. The maximum absolute atomic E-state index is 12.9. The summed E-state index contributed by atoms with van der Waals surface area (Å²) in [6.07, 6.45) is 1.91. The van der Waals surface area contributed by atoms with Crippen LogP contribution in [0.5, 0.6) is 5.75 Å². The number of para-hydroxylation sites is 1. The van der Waals surface area contributed by atoms with E-state index >= 15 is 0 Å². The van der Waals surface area contributed by atoms with Crippen LogP contribution >= 0.6 is 0 Å². The molecule has 0 bridgehead atoms. The van der Waals surface area contributed by atoms with E-state index in [-0.39, 0.29) is 11.8 Å². The lowest BCUT2D eigenvalue weighted by atomic mass is 10.1. The van der Waals surface area contributed by atoms with Gasteiger partial charge in [0.2, 0.25) is 0 Å². The lowest BCUT2D eigenvalue weighted by molar-refractivity contribution is -0.122. The molecule has 3 aromatic carbocycles. The molecule has 0 unspecified atom stereocenters. The molecular formula is C25H26N2O3. The Balaban J connectivity index is 1.49. The molecule has 0 saturated carbocycles. The van der Waals surface area contributed by atoms with Crippen LogP contribution in [0.2, 0.25) is 0 Å². The third kappa shape index (κ3) is 4.30. The number of likely N-dealkylation sites (tertiary alicyclic amines) is 1. The van der Waals surface area contributed by atoms with Gasteiger partial charge in [-0.2, -0.15) is 0 Å². The summed E-state index contributed by atoms with van der Waals surface area (Å²) in [5.41, 5.74) is 1.05. The van der Waals surface area contributed by atoms with Crippen molar-refractivity contribution in [3.05, 3.63) is 72.3 Å². The largest absolute Gasteiger partial charge is 0.481 e. The number of benzene rings is 3. The molecule has 3 aromatic rings. The number of rotatable bonds is 6. The van der Waals surface area contributed by atoms with Crippen LogP contribution in [0.4, 0.5) is 5.69 Å². The van der Waals surface area contributed by atoms with Crippen molar-refractivity contribution < 1.29 is 14.3 Å². The first-order chi connectivity index (χ1) is 14.7. The molecule has 0 radical (unpaired) electrons. The monoisotopic (exact) mass is 402 g/mol. The molecule has 5 heteroatoms. The Hall–Kier alpha value is -3.34. The summed E-state index contributed by atoms with van der Waals surface area (Å²) in [5.74, 6) is 0.358. The Kier molecular flexibility index (Phi) is 5.98. The van der Waals surface area contributed by atoms with Gasteiger partial charge in [0.05, 0.1) is 11.3 Å². The van der Waals surface area contributed by atoms with Crippen molar-refractivity contribution in [1.82, 2.24) is 4.90 Å². The second kappa shape index (κ2) is 8.99. The topological polar surface area (TPSA) is 58.6 Å². The van der Waals surface area contributed by atoms with Gasteiger partial charge in [0.25, 0.3) is 11.8 Å². The number of nitrogens with zero attached hydrogens (tertiary/aromatic N) is 1. The van der Waals surface area contributed by atoms with Gasteiger partial charge in [0.1, 0.15) is 5.75 Å². The second-order valence-corrected chi connectivity index (χ2v) is 7.56. The summed E-state index contributed by atoms with van der Waals surface area (Å²) in [7, 11) is 0. The quantitative estimate of drug-likeness (QED) is 0.640. The Morgan fingerprint density at radius 3 is 2.43 bits per heavy atom. The van der Waals surface area contributed by atoms with Crippen LogP contribution in [-0.2, 0) is 4.79 Å². The Labute approximate surface area is 176 Å². The zero-order chi connectivity index (χ0) is 20.9. The van der Waals surface area contributed by atoms with Crippen LogP contribution in [0.15, 0.2) is 66.7 Å². The molecule has 1 fully saturated rings. The summed E-state index contributed by atoms with van der Waals surface area (Å²) in [5, 5.41) is 5.10. The molecule has 1 saturated heterocycles. The average Bonchev–Trinajstić information content (AvgIpc) is 3.32. The molecule has 0 aromatic heterocycles. The lowest BCUT2D eigenvalue weighted by Gasteiger charge is -2.20. The molecule has 1 heterocycles. The van der Waals surface area contributed by atoms with Gasteiger partial charge in [0.15, 0.2) is 6.10 Å². The van der Waals surface area contributed by atoms with Crippen molar-refractivity contribution >= 4 is 28.3 Å². The number of carbonyl (C=O) groups excluding carboxylic acids is 2. The molecule has 1 aliphatic rings. The van der Waals surface area contributed by atoms with E-state index in [1.54, 1.807) is 12.1 Å². The zero-order valence-electron chi connectivity index (χ0n) is 17.1. The maximum atomic E-state index is 12.9. The summed E-state index contributed by atoms with van der Waals surface area (Å²) >= 11 is 0. The van der Waals surface area contributed by atoms with Gasteiger partial charge in [-0.3, -0.25) is 9.59 Å². The first-order valence-electron chi connectivity index (χ1n) is 10.5. The van der Waals surface area contributed by atoms with Gasteiger partial charge in [-0.05, 0) is 54.3 Å². The van der Waals surface area contributed by atoms with Gasteiger partial charge < -0.3 is 15.0 Å². The maximum Gasteiger partial charge on any atom is 0.265 e. The molecule has 0 aliphatic carbocycles. The smallest absolute Gasteiger partial charge is 0.265 e. The summed E-state index contributed by atoms with van der Waals surface area (Å²) in [6.45, 7) is 3.44. The zero-order valence-corrected chi connectivity index (χ0v) is 17.1. The van der Waals surface area contributed by atoms with E-state index < -0.39 is 6.10 Å². The van der Waals surface area contributed by atoms with Crippen LogP contribution < -0.4 is 10.1 Å². The van der Waals surface area contributed by atoms with E-state index in [4.69, 9.17) is 4.74 Å². The Bertz CT molecular complexity index is 1060. The highest BCUT2D eigenvalue weighted by molar-refractivity contribution is 6.04. The van der Waals surface area contributed by atoms with E-state index in [2.05, 4.69) is 5.32 Å². The highest BCUT2D eigenvalue weighted by Gasteiger charge is 2.24. The van der Waals surface area contributed by atoms with E-state index in [1.165, 1.54) is 0 Å². The third-order valence-corrected chi connectivity index (χ3v) is 5.47. The van der Waals surface area contributed by atoms with Crippen LogP contribution in [0.25, 0.3) is 10.8 Å². The minimum atomic E-state index is -0.652. The van der Waals surface area contributed by atoms with Gasteiger partial charge in [-0.25, -0.2) is 0 Å². The number of hydrogen-bond donors (Lipinski definition) is 1. The number of ether oxygens (including phenoxy) is 1. The van der Waals surface area contributed by atoms with Gasteiger partial charge in [-0.15, -0.1) is 0 Å². The molecule has 5 nitrogen and oxygen atoms in total. The first kappa shape index (κ1) is 20.0. The fraction of sp³-hybridized carbons (Fsp3) is 0.280. The lowest BCUT2D eigenvalue weighted by Crippen LogP contribution is -2.34. The summed E-state index contributed by atoms with van der Waals surface area (Å²) in [4.78, 5) is 27.6. The van der Waals surface area contributed by atoms with Gasteiger partial charge >= 0.3 is 0 Å². The predicted molar refractivity (Wildman–Crippen MR) is 119 cm³/mol. The van der Waals surface area contributed by atoms with E-state index in [0.29, 0.717) is 23.4 Å². The standard InChI is InChI=1S/C25H26N2O3/c1-2-23(30-20-14-13-18-9-3-4-10-19(18)17-20)24(28)26-22-12-6-5-11-21(22)25(29)27-15-7-8-16-27/h3-6,9-14,17,23H,2,7-8,15-16H2,1H3,(H,26,28)/t23-/m0/s1. The highest BCUT2D eigenvalue weighted by Crippen LogP contribution is 2.24. The summed E-state index contributed by atoms with van der Waals surface area (Å²) < 4.78 is 6.00. The van der Waals surface area contributed by atoms with Gasteiger partial charge in [-0.1, -0.05) is 49.4 Å². The summed E-state index contributed by atoms with van der Waals surface area (Å²) in [6, 6.07) is 21.0. The molecule has 154 valence electrons. The third-order valence-electron chi connectivity index (χ3n) is 5.47. The normalized spacial score (nSPS) is 14.5. The molecule has 1 atom stereocenters. The van der Waals surface area contributed by atoms with Crippen LogP contribution in [0, 0.1) is 0 Å². The van der Waals surface area contributed by atoms with Crippen molar-refractivity contribution in [3.63, 3.8) is 0 Å². The molecule has 2 amide bonds. The van der Waals surface area contributed by atoms with Crippen molar-refractivity contribution in [2.45, 2.75) is 32.3 Å². The first-order valence-corrected chi connectivity index (χ1v) is 10.5. The number of hydrogen-bond acceptors (Lipinski definition) is 3. The number of fused-ring (bicyclic) bond motifs is 1. The highest BCUT2D eigenvalue weighted by atomic mass is 16.5. The fourth-order valence-corrected chi connectivity index (χ4v) is 3.81. The van der Waals surface area contributed by atoms with Crippen molar-refractivity contribution in [3.8, 4) is 5.75 Å². The number of nitrogens with one attached hydrogen (secondary N) is 1. The van der Waals surface area contributed by atoms with E-state index in [0.717, 1.165) is 36.7 Å². The SMILES string of the molecule is CC[C@H](Oc1ccc2ccccc2c1)C(=O)Nc1ccccc1C(=O)N1CCCC1. The molecule has 30 heavy (non-hydrogen) atoms. The second-order valence-electron chi connectivity index (χ2n) is 7.56. The Morgan fingerprint density at radius 2 is 1.67 bits per heavy atom. The predicted octanol–water partition coefficient (Wildman–Crippen LogP) is 4.87. The fourth-order valence-electron chi connectivity index (χ4n) is 3.81. The Morgan fingerprint density at radius 1 is 0.967 bits per heavy atom. The number of carbonyl (C=O) groups is 2. The van der Waals surface area contributed by atoms with Crippen molar-refractivity contribution in [2.75, 3.05) is 18.4 Å². The van der Waals surface area contributed by atoms with Crippen LogP contribution in [0.3, 0.4) is 0 Å². The molecule has 0 spiro atoms. The van der Waals surface area contributed by atoms with E-state index in [9.17, 15) is 9.59 Å². The van der Waals surface area contributed by atoms with Crippen molar-refractivity contribution in [2.24, 2.45) is 0 Å². The minimum Gasteiger partial charge on any atom is -0.481 e. The number of amides is 2. The molecule has 4 rings (SSSR count). The van der Waals surface area contributed by atoms with Crippen LogP contribution in [-0.4, -0.2) is 35.9 Å². The molecular weight excluding hydrogens is 376 g/mol. The van der Waals surface area contributed by atoms with Crippen LogP contribution in [0.1, 0.15) is 36.5 Å². The molecule has 1 aliphatic heterocycles. The van der Waals surface area contributed by atoms with Gasteiger partial charge in [0, 0.05) is 13.1 Å². The van der Waals surface area contributed by atoms with Crippen molar-refractivity contribution in [1.29, 1.82) is 0 Å². The number of anilines is 1. The van der Waals surface area contributed by atoms with E-state index in [1.807, 2.05) is 66.4 Å². The average molecular weight is 402 g/mol. The molecule has 1 N–H and O–H groups in total.